The third-order valence-electron chi connectivity index (χ3n) is 4.07. The van der Waals surface area contributed by atoms with Crippen LogP contribution in [0.25, 0.3) is 0 Å². The molecule has 0 saturated carbocycles. The molecule has 120 valence electrons. The molecule has 2 rings (SSSR count). The Morgan fingerprint density at radius 2 is 2.05 bits per heavy atom. The van der Waals surface area contributed by atoms with Gasteiger partial charge in [-0.05, 0) is 42.3 Å². The summed E-state index contributed by atoms with van der Waals surface area (Å²) in [6.45, 7) is 7.22. The van der Waals surface area contributed by atoms with Crippen LogP contribution >= 0.6 is 11.3 Å². The molecule has 0 unspecified atom stereocenters. The SMILES string of the molecule is CCCC1CCN(S(=O)(=O)c2cc(CNCC)cs2)CC1. The van der Waals surface area contributed by atoms with Crippen LogP contribution in [-0.4, -0.2) is 32.4 Å². The second kappa shape index (κ2) is 7.72. The van der Waals surface area contributed by atoms with E-state index in [1.165, 1.54) is 24.2 Å². The highest BCUT2D eigenvalue weighted by Gasteiger charge is 2.30. The molecule has 1 aliphatic heterocycles. The second-order valence-corrected chi connectivity index (χ2v) is 8.77. The van der Waals surface area contributed by atoms with Crippen molar-refractivity contribution in [3.8, 4) is 0 Å². The van der Waals surface area contributed by atoms with Crippen LogP contribution in [0.15, 0.2) is 15.7 Å². The number of nitrogens with zero attached hydrogens (tertiary/aromatic N) is 1. The molecule has 1 aromatic heterocycles. The number of thiophene rings is 1. The lowest BCUT2D eigenvalue weighted by atomic mass is 9.94. The molecule has 0 bridgehead atoms. The zero-order chi connectivity index (χ0) is 15.3. The molecule has 0 aromatic carbocycles. The molecule has 0 atom stereocenters. The molecule has 0 aliphatic carbocycles. The number of piperidine rings is 1. The van der Waals surface area contributed by atoms with Crippen molar-refractivity contribution in [1.82, 2.24) is 9.62 Å². The number of sulfonamides is 1. The van der Waals surface area contributed by atoms with Gasteiger partial charge in [-0.1, -0.05) is 26.7 Å². The molecule has 2 heterocycles. The van der Waals surface area contributed by atoms with E-state index in [9.17, 15) is 8.42 Å². The Balaban J connectivity index is 2.00. The van der Waals surface area contributed by atoms with E-state index in [1.54, 1.807) is 4.31 Å². The summed E-state index contributed by atoms with van der Waals surface area (Å²) in [6.07, 6.45) is 4.42. The molecule has 0 spiro atoms. The van der Waals surface area contributed by atoms with Gasteiger partial charge in [0.2, 0.25) is 0 Å². The number of rotatable bonds is 7. The third-order valence-corrected chi connectivity index (χ3v) is 7.44. The average molecular weight is 331 g/mol. The normalized spacial score (nSPS) is 18.2. The summed E-state index contributed by atoms with van der Waals surface area (Å²) in [6, 6.07) is 1.82. The van der Waals surface area contributed by atoms with Gasteiger partial charge in [-0.15, -0.1) is 11.3 Å². The summed E-state index contributed by atoms with van der Waals surface area (Å²) in [5.74, 6) is 0.703. The minimum atomic E-state index is -3.28. The molecular formula is C15H26N2O2S2. The topological polar surface area (TPSA) is 49.4 Å². The van der Waals surface area contributed by atoms with Crippen molar-refractivity contribution in [2.45, 2.75) is 50.3 Å². The van der Waals surface area contributed by atoms with Crippen molar-refractivity contribution in [3.05, 3.63) is 17.0 Å². The Morgan fingerprint density at radius 1 is 1.33 bits per heavy atom. The summed E-state index contributed by atoms with van der Waals surface area (Å²) in [5, 5.41) is 5.17. The molecule has 1 aliphatic rings. The first-order valence-corrected chi connectivity index (χ1v) is 10.2. The molecule has 0 radical (unpaired) electrons. The minimum Gasteiger partial charge on any atom is -0.313 e. The summed E-state index contributed by atoms with van der Waals surface area (Å²) >= 11 is 1.34. The van der Waals surface area contributed by atoms with Crippen LogP contribution in [0.2, 0.25) is 0 Å². The first kappa shape index (κ1) is 16.9. The van der Waals surface area contributed by atoms with Crippen molar-refractivity contribution >= 4 is 21.4 Å². The summed E-state index contributed by atoms with van der Waals surface area (Å²) < 4.78 is 27.5. The summed E-state index contributed by atoms with van der Waals surface area (Å²) in [5.41, 5.74) is 1.06. The zero-order valence-electron chi connectivity index (χ0n) is 13.0. The van der Waals surface area contributed by atoms with Gasteiger partial charge < -0.3 is 5.32 Å². The molecule has 1 fully saturated rings. The monoisotopic (exact) mass is 330 g/mol. The van der Waals surface area contributed by atoms with Crippen molar-refractivity contribution in [3.63, 3.8) is 0 Å². The van der Waals surface area contributed by atoms with E-state index in [1.807, 2.05) is 18.4 Å². The highest BCUT2D eigenvalue weighted by Crippen LogP contribution is 2.29. The molecular weight excluding hydrogens is 304 g/mol. The Kier molecular flexibility index (Phi) is 6.22. The molecule has 6 heteroatoms. The van der Waals surface area contributed by atoms with E-state index in [4.69, 9.17) is 0 Å². The van der Waals surface area contributed by atoms with Crippen LogP contribution in [0.1, 0.15) is 45.1 Å². The Hall–Kier alpha value is -0.430. The smallest absolute Gasteiger partial charge is 0.252 e. The Labute approximate surface area is 132 Å². The van der Waals surface area contributed by atoms with Gasteiger partial charge in [0.05, 0.1) is 0 Å². The number of hydrogen-bond acceptors (Lipinski definition) is 4. The van der Waals surface area contributed by atoms with Gasteiger partial charge in [0.25, 0.3) is 10.0 Å². The van der Waals surface area contributed by atoms with Gasteiger partial charge in [0.1, 0.15) is 4.21 Å². The predicted molar refractivity (Wildman–Crippen MR) is 88.1 cm³/mol. The highest BCUT2D eigenvalue weighted by molar-refractivity contribution is 7.91. The zero-order valence-corrected chi connectivity index (χ0v) is 14.6. The van der Waals surface area contributed by atoms with Gasteiger partial charge >= 0.3 is 0 Å². The summed E-state index contributed by atoms with van der Waals surface area (Å²) in [7, 11) is -3.28. The van der Waals surface area contributed by atoms with E-state index >= 15 is 0 Å². The molecule has 4 nitrogen and oxygen atoms in total. The predicted octanol–water partition coefficient (Wildman–Crippen LogP) is 3.06. The average Bonchev–Trinajstić information content (AvgIpc) is 2.96. The van der Waals surface area contributed by atoms with Crippen LogP contribution in [-0.2, 0) is 16.6 Å². The fourth-order valence-electron chi connectivity index (χ4n) is 2.82. The Bertz CT molecular complexity index is 532. The molecule has 21 heavy (non-hydrogen) atoms. The van der Waals surface area contributed by atoms with Gasteiger partial charge in [-0.2, -0.15) is 4.31 Å². The lowest BCUT2D eigenvalue weighted by molar-refractivity contribution is 0.262. The largest absolute Gasteiger partial charge is 0.313 e. The van der Waals surface area contributed by atoms with E-state index in [0.717, 1.165) is 31.5 Å². The standard InChI is InChI=1S/C15H26N2O2S2/c1-3-5-13-6-8-17(9-7-13)21(18,19)15-10-14(12-20-15)11-16-4-2/h10,12-13,16H,3-9,11H2,1-2H3. The van der Waals surface area contributed by atoms with Crippen LogP contribution in [0.3, 0.4) is 0 Å². The van der Waals surface area contributed by atoms with Gasteiger partial charge in [-0.25, -0.2) is 8.42 Å². The molecule has 1 saturated heterocycles. The van der Waals surface area contributed by atoms with Crippen LogP contribution in [0.5, 0.6) is 0 Å². The fourth-order valence-corrected chi connectivity index (χ4v) is 5.66. The second-order valence-electron chi connectivity index (χ2n) is 5.69. The first-order valence-electron chi connectivity index (χ1n) is 7.86. The highest BCUT2D eigenvalue weighted by atomic mass is 32.2. The van der Waals surface area contributed by atoms with Gasteiger partial charge in [0, 0.05) is 19.6 Å². The van der Waals surface area contributed by atoms with Crippen molar-refractivity contribution in [2.24, 2.45) is 5.92 Å². The van der Waals surface area contributed by atoms with Crippen molar-refractivity contribution in [2.75, 3.05) is 19.6 Å². The van der Waals surface area contributed by atoms with E-state index < -0.39 is 10.0 Å². The lowest BCUT2D eigenvalue weighted by Gasteiger charge is -2.30. The van der Waals surface area contributed by atoms with E-state index in [-0.39, 0.29) is 0 Å². The third kappa shape index (κ3) is 4.28. The number of hydrogen-bond donors (Lipinski definition) is 1. The van der Waals surface area contributed by atoms with Gasteiger partial charge in [0.15, 0.2) is 0 Å². The maximum absolute atomic E-state index is 12.7. The van der Waals surface area contributed by atoms with Crippen LogP contribution in [0, 0.1) is 5.92 Å². The number of nitrogens with one attached hydrogen (secondary N) is 1. The van der Waals surface area contributed by atoms with Gasteiger partial charge in [-0.3, -0.25) is 0 Å². The summed E-state index contributed by atoms with van der Waals surface area (Å²) in [4.78, 5) is 0. The molecule has 1 N–H and O–H groups in total. The Morgan fingerprint density at radius 3 is 2.67 bits per heavy atom. The van der Waals surface area contributed by atoms with Crippen LogP contribution in [0.4, 0.5) is 0 Å². The molecule has 0 amide bonds. The van der Waals surface area contributed by atoms with Crippen LogP contribution < -0.4 is 5.32 Å². The maximum Gasteiger partial charge on any atom is 0.252 e. The maximum atomic E-state index is 12.7. The van der Waals surface area contributed by atoms with E-state index in [0.29, 0.717) is 23.2 Å². The van der Waals surface area contributed by atoms with Crippen molar-refractivity contribution < 1.29 is 8.42 Å². The minimum absolute atomic E-state index is 0.490. The fraction of sp³-hybridized carbons (Fsp3) is 0.733. The lowest BCUT2D eigenvalue weighted by Crippen LogP contribution is -2.38. The molecule has 1 aromatic rings. The van der Waals surface area contributed by atoms with Crippen molar-refractivity contribution in [1.29, 1.82) is 0 Å². The van der Waals surface area contributed by atoms with E-state index in [2.05, 4.69) is 12.2 Å². The quantitative estimate of drug-likeness (QED) is 0.836. The first-order chi connectivity index (χ1) is 10.1.